The molecule has 0 radical (unpaired) electrons. The highest BCUT2D eigenvalue weighted by Crippen LogP contribution is 2.65. The van der Waals surface area contributed by atoms with E-state index in [-0.39, 0.29) is 30.0 Å². The summed E-state index contributed by atoms with van der Waals surface area (Å²) in [6, 6.07) is 1.50. The molecule has 0 nitrogen and oxygen atoms in total. The van der Waals surface area contributed by atoms with E-state index in [9.17, 15) is 74.6 Å². The number of benzene rings is 1. The molecule has 1 aliphatic rings. The number of hydrogen-bond acceptors (Lipinski definition) is 0. The van der Waals surface area contributed by atoms with Crippen molar-refractivity contribution in [3.63, 3.8) is 0 Å². The lowest BCUT2D eigenvalue weighted by atomic mass is 9.80. The molecular formula is C23H21F17. The lowest BCUT2D eigenvalue weighted by Crippen LogP contribution is -2.74. The number of aryl methyl sites for hydroxylation is 1. The van der Waals surface area contributed by atoms with E-state index >= 15 is 0 Å². The van der Waals surface area contributed by atoms with Gasteiger partial charge in [0.05, 0.1) is 0 Å². The maximum Gasteiger partial charge on any atom is 0.460 e. The summed E-state index contributed by atoms with van der Waals surface area (Å²) in [5, 5.41) is 0. The van der Waals surface area contributed by atoms with Crippen LogP contribution in [0.3, 0.4) is 0 Å². The summed E-state index contributed by atoms with van der Waals surface area (Å²) in [6.45, 7) is 2.04. The predicted molar refractivity (Wildman–Crippen MR) is 106 cm³/mol. The molecule has 0 atom stereocenters. The first-order valence-corrected chi connectivity index (χ1v) is 11.5. The second kappa shape index (κ2) is 10.4. The Morgan fingerprint density at radius 2 is 0.900 bits per heavy atom. The van der Waals surface area contributed by atoms with Gasteiger partial charge in [0.15, 0.2) is 0 Å². The van der Waals surface area contributed by atoms with Gasteiger partial charge >= 0.3 is 47.6 Å². The molecule has 0 heterocycles. The Morgan fingerprint density at radius 1 is 0.525 bits per heavy atom. The Kier molecular flexibility index (Phi) is 8.89. The van der Waals surface area contributed by atoms with Crippen molar-refractivity contribution in [2.24, 2.45) is 11.8 Å². The molecule has 0 aromatic heterocycles. The van der Waals surface area contributed by atoms with Crippen molar-refractivity contribution in [3.8, 4) is 0 Å². The van der Waals surface area contributed by atoms with E-state index in [0.29, 0.717) is 24.5 Å². The Balaban J connectivity index is 2.38. The minimum absolute atomic E-state index is 0.0466. The van der Waals surface area contributed by atoms with Gasteiger partial charge in [-0.3, -0.25) is 0 Å². The lowest BCUT2D eigenvalue weighted by Gasteiger charge is -2.42. The van der Waals surface area contributed by atoms with E-state index in [1.165, 1.54) is 0 Å². The maximum atomic E-state index is 14.4. The molecule has 0 bridgehead atoms. The molecular weight excluding hydrogens is 599 g/mol. The van der Waals surface area contributed by atoms with Crippen molar-refractivity contribution in [3.05, 3.63) is 35.4 Å². The second-order valence-electron chi connectivity index (χ2n) is 9.88. The second-order valence-corrected chi connectivity index (χ2v) is 9.88. The standard InChI is InChI=1S/C23H21F17/c1-12-2-4-13(5-3-12)6-7-14-8-10-15(11-9-14)16(24,25)17(26,27)18(28,29)19(30,31)20(32,33)21(34,35)22(36,37)23(38,39)40/h8-13H,2-7H2,1H3. The van der Waals surface area contributed by atoms with Gasteiger partial charge in [0, 0.05) is 5.56 Å². The highest BCUT2D eigenvalue weighted by Gasteiger charge is 2.95. The normalized spacial score (nSPS) is 21.1. The topological polar surface area (TPSA) is 0 Å². The predicted octanol–water partition coefficient (Wildman–Crippen LogP) is 9.91. The summed E-state index contributed by atoms with van der Waals surface area (Å²) in [4.78, 5) is 0. The third-order valence-electron chi connectivity index (χ3n) is 7.02. The Labute approximate surface area is 215 Å². The largest absolute Gasteiger partial charge is 0.460 e. The maximum absolute atomic E-state index is 14.4. The van der Waals surface area contributed by atoms with Crippen LogP contribution in [0.15, 0.2) is 24.3 Å². The zero-order valence-corrected chi connectivity index (χ0v) is 20.1. The molecule has 1 aromatic carbocycles. The monoisotopic (exact) mass is 620 g/mol. The van der Waals surface area contributed by atoms with Crippen molar-refractivity contribution in [2.75, 3.05) is 0 Å². The molecule has 40 heavy (non-hydrogen) atoms. The number of alkyl halides is 17. The molecule has 0 unspecified atom stereocenters. The van der Waals surface area contributed by atoms with Crippen LogP contribution in [-0.2, 0) is 12.3 Å². The van der Waals surface area contributed by atoms with E-state index in [2.05, 4.69) is 0 Å². The minimum Gasteiger partial charge on any atom is -0.194 e. The summed E-state index contributed by atoms with van der Waals surface area (Å²) >= 11 is 0. The van der Waals surface area contributed by atoms with Crippen LogP contribution in [-0.4, -0.2) is 41.7 Å². The molecule has 0 amide bonds. The third kappa shape index (κ3) is 5.22. The molecule has 17 heteroatoms. The average molecular weight is 620 g/mol. The van der Waals surface area contributed by atoms with Gasteiger partial charge in [-0.15, -0.1) is 0 Å². The summed E-state index contributed by atoms with van der Waals surface area (Å²) in [5.74, 6) is -55.7. The van der Waals surface area contributed by atoms with E-state index in [4.69, 9.17) is 0 Å². The van der Waals surface area contributed by atoms with Crippen molar-refractivity contribution in [2.45, 2.75) is 93.1 Å². The van der Waals surface area contributed by atoms with Crippen LogP contribution in [0.25, 0.3) is 0 Å². The van der Waals surface area contributed by atoms with Crippen molar-refractivity contribution in [1.82, 2.24) is 0 Å². The van der Waals surface area contributed by atoms with Crippen molar-refractivity contribution in [1.29, 1.82) is 0 Å². The summed E-state index contributed by atoms with van der Waals surface area (Å²) in [5.41, 5.74) is -1.99. The molecule has 1 fully saturated rings. The zero-order valence-electron chi connectivity index (χ0n) is 20.1. The van der Waals surface area contributed by atoms with Crippen LogP contribution in [0.2, 0.25) is 0 Å². The third-order valence-corrected chi connectivity index (χ3v) is 7.02. The number of hydrogen-bond donors (Lipinski definition) is 0. The quantitative estimate of drug-likeness (QED) is 0.229. The first kappa shape index (κ1) is 34.2. The van der Waals surface area contributed by atoms with Crippen LogP contribution in [0.1, 0.15) is 50.2 Å². The minimum atomic E-state index is -8.62. The fourth-order valence-electron chi connectivity index (χ4n) is 4.21. The van der Waals surface area contributed by atoms with Crippen LogP contribution in [0.4, 0.5) is 74.6 Å². The SMILES string of the molecule is CC1CCC(CCc2ccc(C(F)(F)C(F)(F)C(F)(F)C(F)(F)C(F)(F)C(F)(F)C(F)(F)C(F)(F)F)cc2)CC1. The van der Waals surface area contributed by atoms with Gasteiger partial charge in [0.1, 0.15) is 0 Å². The van der Waals surface area contributed by atoms with Crippen LogP contribution in [0.5, 0.6) is 0 Å². The van der Waals surface area contributed by atoms with Crippen molar-refractivity contribution >= 4 is 0 Å². The van der Waals surface area contributed by atoms with Gasteiger partial charge < -0.3 is 0 Å². The Bertz CT molecular complexity index is 999. The fourth-order valence-corrected chi connectivity index (χ4v) is 4.21. The lowest BCUT2D eigenvalue weighted by molar-refractivity contribution is -0.462. The molecule has 0 aliphatic heterocycles. The molecule has 0 N–H and O–H groups in total. The van der Waals surface area contributed by atoms with E-state index in [1.54, 1.807) is 0 Å². The van der Waals surface area contributed by atoms with Gasteiger partial charge in [-0.05, 0) is 30.2 Å². The molecule has 1 aliphatic carbocycles. The van der Waals surface area contributed by atoms with Crippen molar-refractivity contribution < 1.29 is 74.6 Å². The van der Waals surface area contributed by atoms with E-state index in [0.717, 1.165) is 25.7 Å². The summed E-state index contributed by atoms with van der Waals surface area (Å²) in [7, 11) is 0. The molecule has 1 saturated carbocycles. The van der Waals surface area contributed by atoms with Gasteiger partial charge in [0.2, 0.25) is 0 Å². The zero-order chi connectivity index (χ0) is 31.4. The number of halogens is 17. The van der Waals surface area contributed by atoms with E-state index < -0.39 is 53.2 Å². The highest BCUT2D eigenvalue weighted by atomic mass is 19.4. The fraction of sp³-hybridized carbons (Fsp3) is 0.739. The van der Waals surface area contributed by atoms with Crippen LogP contribution in [0, 0.1) is 11.8 Å². The molecule has 232 valence electrons. The average Bonchev–Trinajstić information content (AvgIpc) is 2.82. The van der Waals surface area contributed by atoms with Gasteiger partial charge in [-0.2, -0.15) is 74.6 Å². The van der Waals surface area contributed by atoms with E-state index in [1.807, 2.05) is 6.92 Å². The molecule has 1 aromatic rings. The first-order chi connectivity index (χ1) is 17.7. The molecule has 0 saturated heterocycles. The summed E-state index contributed by atoms with van der Waals surface area (Å²) < 4.78 is 229. The smallest absolute Gasteiger partial charge is 0.194 e. The van der Waals surface area contributed by atoms with Gasteiger partial charge in [0.25, 0.3) is 0 Å². The van der Waals surface area contributed by atoms with Gasteiger partial charge in [-0.25, -0.2) is 0 Å². The Morgan fingerprint density at radius 3 is 1.30 bits per heavy atom. The molecule has 0 spiro atoms. The molecule has 2 rings (SSSR count). The highest BCUT2D eigenvalue weighted by molar-refractivity contribution is 5.29. The van der Waals surface area contributed by atoms with Crippen LogP contribution >= 0.6 is 0 Å². The Hall–Kier alpha value is -1.97. The summed E-state index contributed by atoms with van der Waals surface area (Å²) in [6.07, 6.45) is -3.56. The first-order valence-electron chi connectivity index (χ1n) is 11.5. The van der Waals surface area contributed by atoms with Gasteiger partial charge in [-0.1, -0.05) is 56.9 Å². The van der Waals surface area contributed by atoms with Crippen LogP contribution < -0.4 is 0 Å². The number of rotatable bonds is 10.